The Kier molecular flexibility index (Phi) is 3.11. The molecule has 0 unspecified atom stereocenters. The van der Waals surface area contributed by atoms with E-state index in [2.05, 4.69) is 4.98 Å². The molecule has 1 N–H and O–H groups in total. The van der Waals surface area contributed by atoms with Gasteiger partial charge in [0.1, 0.15) is 10.6 Å². The summed E-state index contributed by atoms with van der Waals surface area (Å²) < 4.78 is 5.23. The first-order chi connectivity index (χ1) is 8.20. The maximum Gasteiger partial charge on any atom is 0.410 e. The number of rotatable bonds is 1. The zero-order chi connectivity index (χ0) is 13.6. The number of aliphatic hydroxyl groups is 1. The third kappa shape index (κ3) is 2.64. The van der Waals surface area contributed by atoms with E-state index < -0.39 is 11.2 Å². The van der Waals surface area contributed by atoms with Gasteiger partial charge in [0.15, 0.2) is 5.60 Å². The van der Waals surface area contributed by atoms with Crippen molar-refractivity contribution in [3.05, 3.63) is 16.1 Å². The van der Waals surface area contributed by atoms with Gasteiger partial charge in [-0.15, -0.1) is 11.3 Å². The Morgan fingerprint density at radius 2 is 2.17 bits per heavy atom. The molecule has 1 aliphatic heterocycles. The molecule has 18 heavy (non-hydrogen) atoms. The monoisotopic (exact) mass is 270 g/mol. The third-order valence-corrected chi connectivity index (χ3v) is 3.73. The van der Waals surface area contributed by atoms with Crippen molar-refractivity contribution in [1.82, 2.24) is 9.88 Å². The number of ether oxygens (including phenoxy) is 1. The highest BCUT2D eigenvalue weighted by atomic mass is 32.1. The quantitative estimate of drug-likeness (QED) is 0.846. The number of carbonyl (C=O) groups excluding carboxylic acids is 1. The normalized spacial score (nSPS) is 18.4. The van der Waals surface area contributed by atoms with Gasteiger partial charge in [0.25, 0.3) is 0 Å². The lowest BCUT2D eigenvalue weighted by molar-refractivity contribution is -0.103. The molecule has 0 atom stereocenters. The van der Waals surface area contributed by atoms with Crippen molar-refractivity contribution in [2.24, 2.45) is 0 Å². The molecule has 0 bridgehead atoms. The van der Waals surface area contributed by atoms with Gasteiger partial charge in [0.05, 0.1) is 13.1 Å². The highest BCUT2D eigenvalue weighted by Crippen LogP contribution is 2.34. The fraction of sp³-hybridized carbons (Fsp3) is 0.667. The number of β-amino-alcohol motifs (C(OH)–C–C–N with tert-alkyl or cyclic N) is 1. The minimum atomic E-state index is -1.00. The molecule has 2 rings (SSSR count). The topological polar surface area (TPSA) is 62.7 Å². The summed E-state index contributed by atoms with van der Waals surface area (Å²) >= 11 is 1.42. The van der Waals surface area contributed by atoms with Crippen LogP contribution in [-0.2, 0) is 10.3 Å². The summed E-state index contributed by atoms with van der Waals surface area (Å²) in [7, 11) is 0. The first-order valence-electron chi connectivity index (χ1n) is 5.82. The standard InChI is InChI=1S/C12H18N2O3S/c1-8-5-18-9(13-8)12(16)6-14(7-12)10(15)17-11(2,3)4/h5,16H,6-7H2,1-4H3. The maximum absolute atomic E-state index is 11.7. The van der Waals surface area contributed by atoms with E-state index >= 15 is 0 Å². The second-order valence-corrected chi connectivity index (χ2v) is 6.52. The molecule has 1 aromatic rings. The van der Waals surface area contributed by atoms with Crippen LogP contribution < -0.4 is 0 Å². The summed E-state index contributed by atoms with van der Waals surface area (Å²) in [4.78, 5) is 17.5. The first-order valence-corrected chi connectivity index (χ1v) is 6.70. The van der Waals surface area contributed by atoms with Crippen LogP contribution in [0.15, 0.2) is 5.38 Å². The van der Waals surface area contributed by atoms with Crippen LogP contribution in [0.1, 0.15) is 31.5 Å². The number of aromatic nitrogens is 1. The second-order valence-electron chi connectivity index (χ2n) is 5.66. The van der Waals surface area contributed by atoms with Gasteiger partial charge in [0, 0.05) is 11.1 Å². The van der Waals surface area contributed by atoms with Gasteiger partial charge in [-0.25, -0.2) is 9.78 Å². The number of hydrogen-bond donors (Lipinski definition) is 1. The molecule has 2 heterocycles. The summed E-state index contributed by atoms with van der Waals surface area (Å²) in [5, 5.41) is 12.9. The molecule has 1 saturated heterocycles. The third-order valence-electron chi connectivity index (χ3n) is 2.57. The van der Waals surface area contributed by atoms with E-state index in [-0.39, 0.29) is 19.2 Å². The van der Waals surface area contributed by atoms with Gasteiger partial charge < -0.3 is 14.7 Å². The molecule has 0 spiro atoms. The van der Waals surface area contributed by atoms with Crippen molar-refractivity contribution in [3.8, 4) is 0 Å². The Hall–Kier alpha value is -1.14. The van der Waals surface area contributed by atoms with Crippen molar-refractivity contribution >= 4 is 17.4 Å². The van der Waals surface area contributed by atoms with Crippen LogP contribution in [0.5, 0.6) is 0 Å². The van der Waals surface area contributed by atoms with Crippen molar-refractivity contribution in [3.63, 3.8) is 0 Å². The molecule has 0 aromatic carbocycles. The van der Waals surface area contributed by atoms with E-state index in [0.29, 0.717) is 5.01 Å². The Morgan fingerprint density at radius 3 is 2.61 bits per heavy atom. The van der Waals surface area contributed by atoms with Gasteiger partial charge in [-0.05, 0) is 27.7 Å². The van der Waals surface area contributed by atoms with Crippen LogP contribution in [0.2, 0.25) is 0 Å². The fourth-order valence-electron chi connectivity index (χ4n) is 1.74. The van der Waals surface area contributed by atoms with Crippen molar-refractivity contribution in [2.45, 2.75) is 38.9 Å². The molecule has 100 valence electrons. The molecule has 6 heteroatoms. The van der Waals surface area contributed by atoms with Gasteiger partial charge in [-0.1, -0.05) is 0 Å². The Morgan fingerprint density at radius 1 is 1.56 bits per heavy atom. The van der Waals surface area contributed by atoms with Gasteiger partial charge in [-0.3, -0.25) is 0 Å². The van der Waals surface area contributed by atoms with E-state index in [1.165, 1.54) is 16.2 Å². The second kappa shape index (κ2) is 4.20. The van der Waals surface area contributed by atoms with E-state index in [0.717, 1.165) is 5.69 Å². The maximum atomic E-state index is 11.7. The van der Waals surface area contributed by atoms with Crippen LogP contribution in [0.25, 0.3) is 0 Å². The SMILES string of the molecule is Cc1csc(C2(O)CN(C(=O)OC(C)(C)C)C2)n1. The molecule has 1 aliphatic rings. The van der Waals surface area contributed by atoms with E-state index in [1.807, 2.05) is 33.1 Å². The lowest BCUT2D eigenvalue weighted by Gasteiger charge is -2.44. The Bertz CT molecular complexity index is 458. The number of carbonyl (C=O) groups is 1. The van der Waals surface area contributed by atoms with Crippen LogP contribution in [-0.4, -0.2) is 39.8 Å². The number of thiazole rings is 1. The molecule has 0 aliphatic carbocycles. The molecule has 0 saturated carbocycles. The average molecular weight is 270 g/mol. The van der Waals surface area contributed by atoms with Crippen LogP contribution in [0.4, 0.5) is 4.79 Å². The first kappa shape index (κ1) is 13.3. The fourth-order valence-corrected chi connectivity index (χ4v) is 2.62. The van der Waals surface area contributed by atoms with Crippen LogP contribution in [0, 0.1) is 6.92 Å². The lowest BCUT2D eigenvalue weighted by Crippen LogP contribution is -2.61. The summed E-state index contributed by atoms with van der Waals surface area (Å²) in [6, 6.07) is 0. The smallest absolute Gasteiger partial charge is 0.410 e. The number of aryl methyl sites for hydroxylation is 1. The van der Waals surface area contributed by atoms with E-state index in [1.54, 1.807) is 0 Å². The number of amides is 1. The summed E-state index contributed by atoms with van der Waals surface area (Å²) in [6.45, 7) is 7.83. The van der Waals surface area contributed by atoms with Crippen LogP contribution >= 0.6 is 11.3 Å². The van der Waals surface area contributed by atoms with E-state index in [9.17, 15) is 9.90 Å². The number of hydrogen-bond acceptors (Lipinski definition) is 5. The molecule has 0 radical (unpaired) electrons. The number of likely N-dealkylation sites (tertiary alicyclic amines) is 1. The predicted molar refractivity (Wildman–Crippen MR) is 68.6 cm³/mol. The summed E-state index contributed by atoms with van der Waals surface area (Å²) in [5.41, 5.74) is -0.627. The molecular weight excluding hydrogens is 252 g/mol. The molecule has 1 aromatic heterocycles. The van der Waals surface area contributed by atoms with Crippen LogP contribution in [0.3, 0.4) is 0 Å². The van der Waals surface area contributed by atoms with Crippen molar-refractivity contribution in [2.75, 3.05) is 13.1 Å². The van der Waals surface area contributed by atoms with Gasteiger partial charge in [0.2, 0.25) is 0 Å². The molecule has 1 amide bonds. The highest BCUT2D eigenvalue weighted by Gasteiger charge is 2.48. The average Bonchev–Trinajstić information content (AvgIpc) is 2.57. The Balaban J connectivity index is 1.95. The largest absolute Gasteiger partial charge is 0.444 e. The predicted octanol–water partition coefficient (Wildman–Crippen LogP) is 1.89. The Labute approximate surface area is 110 Å². The van der Waals surface area contributed by atoms with Gasteiger partial charge in [-0.2, -0.15) is 0 Å². The zero-order valence-electron chi connectivity index (χ0n) is 11.1. The van der Waals surface area contributed by atoms with Crippen molar-refractivity contribution in [1.29, 1.82) is 0 Å². The van der Waals surface area contributed by atoms with Gasteiger partial charge >= 0.3 is 6.09 Å². The summed E-state index contributed by atoms with van der Waals surface area (Å²) in [5.74, 6) is 0. The highest BCUT2D eigenvalue weighted by molar-refractivity contribution is 7.09. The lowest BCUT2D eigenvalue weighted by atomic mass is 9.96. The molecule has 5 nitrogen and oxygen atoms in total. The minimum Gasteiger partial charge on any atom is -0.444 e. The molecular formula is C12H18N2O3S. The van der Waals surface area contributed by atoms with Crippen molar-refractivity contribution < 1.29 is 14.6 Å². The van der Waals surface area contributed by atoms with E-state index in [4.69, 9.17) is 4.74 Å². The molecule has 1 fully saturated rings. The minimum absolute atomic E-state index is 0.245. The number of nitrogens with zero attached hydrogens (tertiary/aromatic N) is 2. The summed E-state index contributed by atoms with van der Waals surface area (Å²) in [6.07, 6.45) is -0.388. The zero-order valence-corrected chi connectivity index (χ0v) is 11.9.